The van der Waals surface area contributed by atoms with Crippen molar-refractivity contribution in [3.8, 4) is 0 Å². The van der Waals surface area contributed by atoms with Gasteiger partial charge in [0.15, 0.2) is 0 Å². The summed E-state index contributed by atoms with van der Waals surface area (Å²) in [6.07, 6.45) is 1.43. The second-order valence-corrected chi connectivity index (χ2v) is 9.81. The maximum Gasteiger partial charge on any atom is 0.243 e. The van der Waals surface area contributed by atoms with Crippen LogP contribution in [0.2, 0.25) is 0 Å². The summed E-state index contributed by atoms with van der Waals surface area (Å²) >= 11 is 0. The fourth-order valence-corrected chi connectivity index (χ4v) is 5.23. The van der Waals surface area contributed by atoms with Gasteiger partial charge in [0.05, 0.1) is 29.6 Å². The van der Waals surface area contributed by atoms with Crippen LogP contribution in [0.4, 0.5) is 0 Å². The number of hydrogen-bond acceptors (Lipinski definition) is 4. The number of nitrogens with zero attached hydrogens (tertiary/aromatic N) is 2. The highest BCUT2D eigenvalue weighted by atomic mass is 32.2. The zero-order valence-corrected chi connectivity index (χ0v) is 16.6. The molecule has 2 aliphatic rings. The van der Waals surface area contributed by atoms with Gasteiger partial charge in [0.2, 0.25) is 15.9 Å². The molecule has 0 radical (unpaired) electrons. The Morgan fingerprint density at radius 3 is 2.54 bits per heavy atom. The molecule has 1 unspecified atom stereocenters. The van der Waals surface area contributed by atoms with Gasteiger partial charge in [-0.25, -0.2) is 8.42 Å². The number of benzene rings is 1. The molecule has 6 nitrogen and oxygen atoms in total. The SMILES string of the molecule is Cc1ccc(S(=O)(=O)N2CCCC(C(=O)N3CCOCC3(C)C)C2)cc1. The van der Waals surface area contributed by atoms with Crippen LogP contribution in [-0.2, 0) is 19.6 Å². The Morgan fingerprint density at radius 1 is 1.19 bits per heavy atom. The summed E-state index contributed by atoms with van der Waals surface area (Å²) in [5.74, 6) is -0.247. The summed E-state index contributed by atoms with van der Waals surface area (Å²) < 4.78 is 32.9. The Hall–Kier alpha value is -1.44. The summed E-state index contributed by atoms with van der Waals surface area (Å²) in [6.45, 7) is 8.24. The molecule has 1 atom stereocenters. The highest BCUT2D eigenvalue weighted by molar-refractivity contribution is 7.89. The maximum absolute atomic E-state index is 13.1. The van der Waals surface area contributed by atoms with Gasteiger partial charge in [0, 0.05) is 19.6 Å². The Morgan fingerprint density at radius 2 is 1.88 bits per heavy atom. The molecular weight excluding hydrogens is 352 g/mol. The number of aryl methyl sites for hydroxylation is 1. The lowest BCUT2D eigenvalue weighted by Crippen LogP contribution is -2.58. The first-order valence-electron chi connectivity index (χ1n) is 9.18. The first-order chi connectivity index (χ1) is 12.2. The number of hydrogen-bond donors (Lipinski definition) is 0. The second-order valence-electron chi connectivity index (χ2n) is 7.87. The van der Waals surface area contributed by atoms with Gasteiger partial charge in [0.25, 0.3) is 0 Å². The molecule has 2 aliphatic heterocycles. The van der Waals surface area contributed by atoms with Crippen molar-refractivity contribution in [3.05, 3.63) is 29.8 Å². The van der Waals surface area contributed by atoms with E-state index in [0.717, 1.165) is 12.0 Å². The average molecular weight is 381 g/mol. The van der Waals surface area contributed by atoms with Crippen LogP contribution in [0, 0.1) is 12.8 Å². The van der Waals surface area contributed by atoms with Crippen LogP contribution in [0.25, 0.3) is 0 Å². The van der Waals surface area contributed by atoms with E-state index in [1.165, 1.54) is 4.31 Å². The van der Waals surface area contributed by atoms with E-state index in [1.807, 2.05) is 25.7 Å². The van der Waals surface area contributed by atoms with Crippen LogP contribution in [0.5, 0.6) is 0 Å². The number of amides is 1. The van der Waals surface area contributed by atoms with Crippen molar-refractivity contribution in [2.24, 2.45) is 5.92 Å². The van der Waals surface area contributed by atoms with Crippen LogP contribution in [-0.4, -0.2) is 61.9 Å². The van der Waals surface area contributed by atoms with Gasteiger partial charge >= 0.3 is 0 Å². The van der Waals surface area contributed by atoms with E-state index in [-0.39, 0.29) is 23.9 Å². The zero-order valence-electron chi connectivity index (χ0n) is 15.8. The van der Waals surface area contributed by atoms with Gasteiger partial charge in [-0.2, -0.15) is 4.31 Å². The Labute approximate surface area is 156 Å². The van der Waals surface area contributed by atoms with Crippen molar-refractivity contribution in [2.75, 3.05) is 32.8 Å². The molecule has 3 rings (SSSR count). The van der Waals surface area contributed by atoms with Crippen molar-refractivity contribution < 1.29 is 17.9 Å². The minimum atomic E-state index is -3.57. The number of ether oxygens (including phenoxy) is 1. The molecule has 2 heterocycles. The van der Waals surface area contributed by atoms with Crippen molar-refractivity contribution in [2.45, 2.75) is 44.0 Å². The molecule has 0 N–H and O–H groups in total. The molecule has 2 saturated heterocycles. The lowest BCUT2D eigenvalue weighted by atomic mass is 9.94. The first kappa shape index (κ1) is 19.3. The molecule has 0 saturated carbocycles. The standard InChI is InChI=1S/C19H28N2O4S/c1-15-6-8-17(9-7-15)26(23,24)20-10-4-5-16(13-20)18(22)21-11-12-25-14-19(21,2)3/h6-9,16H,4-5,10-14H2,1-3H3. The summed E-state index contributed by atoms with van der Waals surface area (Å²) in [4.78, 5) is 15.2. The normalized spacial score (nSPS) is 24.4. The third-order valence-electron chi connectivity index (χ3n) is 5.30. The Balaban J connectivity index is 1.76. The monoisotopic (exact) mass is 380 g/mol. The number of piperidine rings is 1. The summed E-state index contributed by atoms with van der Waals surface area (Å²) in [7, 11) is -3.57. The number of rotatable bonds is 3. The number of morpholine rings is 1. The van der Waals surface area contributed by atoms with Gasteiger partial charge in [0.1, 0.15) is 0 Å². The highest BCUT2D eigenvalue weighted by Crippen LogP contribution is 2.28. The van der Waals surface area contributed by atoms with Gasteiger partial charge in [-0.15, -0.1) is 0 Å². The number of carbonyl (C=O) groups excluding carboxylic acids is 1. The van der Waals surface area contributed by atoms with Gasteiger partial charge in [-0.3, -0.25) is 4.79 Å². The summed E-state index contributed by atoms with van der Waals surface area (Å²) in [5.41, 5.74) is 0.665. The average Bonchev–Trinajstić information content (AvgIpc) is 2.61. The van der Waals surface area contributed by atoms with Crippen molar-refractivity contribution in [3.63, 3.8) is 0 Å². The topological polar surface area (TPSA) is 66.9 Å². The molecule has 2 fully saturated rings. The predicted octanol–water partition coefficient (Wildman–Crippen LogP) is 2.03. The summed E-state index contributed by atoms with van der Waals surface area (Å²) in [5, 5.41) is 0. The lowest BCUT2D eigenvalue weighted by Gasteiger charge is -2.44. The molecule has 7 heteroatoms. The highest BCUT2D eigenvalue weighted by Gasteiger charge is 2.40. The molecule has 1 aromatic rings. The van der Waals surface area contributed by atoms with Crippen molar-refractivity contribution in [1.82, 2.24) is 9.21 Å². The predicted molar refractivity (Wildman–Crippen MR) is 99.3 cm³/mol. The van der Waals surface area contributed by atoms with Crippen molar-refractivity contribution >= 4 is 15.9 Å². The molecule has 1 aromatic carbocycles. The molecule has 0 aliphatic carbocycles. The fourth-order valence-electron chi connectivity index (χ4n) is 3.71. The molecular formula is C19H28N2O4S. The molecule has 1 amide bonds. The second kappa shape index (κ2) is 7.29. The molecule has 0 spiro atoms. The minimum absolute atomic E-state index is 0.0436. The Kier molecular flexibility index (Phi) is 5.42. The zero-order chi connectivity index (χ0) is 18.9. The van der Waals surface area contributed by atoms with E-state index in [0.29, 0.717) is 37.6 Å². The molecule has 26 heavy (non-hydrogen) atoms. The van der Waals surface area contributed by atoms with Crippen LogP contribution in [0.15, 0.2) is 29.2 Å². The van der Waals surface area contributed by atoms with Gasteiger partial charge in [-0.05, 0) is 45.7 Å². The quantitative estimate of drug-likeness (QED) is 0.805. The summed E-state index contributed by atoms with van der Waals surface area (Å²) in [6, 6.07) is 6.88. The lowest BCUT2D eigenvalue weighted by molar-refractivity contribution is -0.151. The largest absolute Gasteiger partial charge is 0.377 e. The van der Waals surface area contributed by atoms with E-state index in [1.54, 1.807) is 24.3 Å². The van der Waals surface area contributed by atoms with Crippen molar-refractivity contribution in [1.29, 1.82) is 0 Å². The Bertz CT molecular complexity index is 758. The van der Waals surface area contributed by atoms with Gasteiger partial charge < -0.3 is 9.64 Å². The number of sulfonamides is 1. The van der Waals surface area contributed by atoms with E-state index < -0.39 is 10.0 Å². The molecule has 0 bridgehead atoms. The van der Waals surface area contributed by atoms with Crippen LogP contribution in [0.1, 0.15) is 32.3 Å². The first-order valence-corrected chi connectivity index (χ1v) is 10.6. The third kappa shape index (κ3) is 3.80. The van der Waals surface area contributed by atoms with E-state index in [9.17, 15) is 13.2 Å². The smallest absolute Gasteiger partial charge is 0.243 e. The van der Waals surface area contributed by atoms with Gasteiger partial charge in [-0.1, -0.05) is 17.7 Å². The van der Waals surface area contributed by atoms with E-state index in [2.05, 4.69) is 0 Å². The number of carbonyl (C=O) groups is 1. The minimum Gasteiger partial charge on any atom is -0.377 e. The van der Waals surface area contributed by atoms with E-state index >= 15 is 0 Å². The van der Waals surface area contributed by atoms with Crippen LogP contribution < -0.4 is 0 Å². The van der Waals surface area contributed by atoms with Crippen LogP contribution >= 0.6 is 0 Å². The molecule has 0 aromatic heterocycles. The molecule has 144 valence electrons. The van der Waals surface area contributed by atoms with Crippen LogP contribution in [0.3, 0.4) is 0 Å². The fraction of sp³-hybridized carbons (Fsp3) is 0.632. The third-order valence-corrected chi connectivity index (χ3v) is 7.18. The maximum atomic E-state index is 13.1. The van der Waals surface area contributed by atoms with E-state index in [4.69, 9.17) is 4.74 Å².